The highest BCUT2D eigenvalue weighted by molar-refractivity contribution is 5.80. The van der Waals surface area contributed by atoms with Crippen molar-refractivity contribution in [3.05, 3.63) is 0 Å². The largest absolute Gasteiger partial charge is 0.390 e. The summed E-state index contributed by atoms with van der Waals surface area (Å²) in [7, 11) is 1.29. The van der Waals surface area contributed by atoms with E-state index in [-0.39, 0.29) is 0 Å². The number of carbonyl (C=O) groups is 1. The number of amides is 1. The van der Waals surface area contributed by atoms with E-state index in [2.05, 4.69) is 0 Å². The monoisotopic (exact) mass is 236 g/mol. The molecule has 3 nitrogen and oxygen atoms in total. The number of alkyl halides is 3. The van der Waals surface area contributed by atoms with E-state index in [0.29, 0.717) is 12.8 Å². The smallest absolute Gasteiger partial charge is 0.344 e. The first-order valence-electron chi connectivity index (χ1n) is 5.03. The summed E-state index contributed by atoms with van der Waals surface area (Å²) in [6, 6.07) is 1.81. The first-order chi connectivity index (χ1) is 7.31. The minimum atomic E-state index is -4.28. The quantitative estimate of drug-likeness (QED) is 0.735. The van der Waals surface area contributed by atoms with Gasteiger partial charge in [0.25, 0.3) is 0 Å². The van der Waals surface area contributed by atoms with Crippen molar-refractivity contribution in [3.63, 3.8) is 0 Å². The van der Waals surface area contributed by atoms with Crippen molar-refractivity contribution in [3.8, 4) is 6.07 Å². The number of nitriles is 1. The molecule has 0 radical (unpaired) electrons. The maximum Gasteiger partial charge on any atom is 0.390 e. The number of hydrogen-bond acceptors (Lipinski definition) is 2. The molecule has 0 aliphatic rings. The third-order valence-electron chi connectivity index (χ3n) is 2.14. The van der Waals surface area contributed by atoms with E-state index in [9.17, 15) is 18.0 Å². The van der Waals surface area contributed by atoms with E-state index in [1.165, 1.54) is 7.05 Å². The van der Waals surface area contributed by atoms with Gasteiger partial charge in [0.2, 0.25) is 5.91 Å². The lowest BCUT2D eigenvalue weighted by Crippen LogP contribution is -2.34. The van der Waals surface area contributed by atoms with Crippen LogP contribution in [0.25, 0.3) is 0 Å². The Kier molecular flexibility index (Phi) is 5.86. The Morgan fingerprint density at radius 2 is 2.06 bits per heavy atom. The highest BCUT2D eigenvalue weighted by Gasteiger charge is 2.29. The van der Waals surface area contributed by atoms with Gasteiger partial charge in [0.1, 0.15) is 5.92 Å². The van der Waals surface area contributed by atoms with Crippen molar-refractivity contribution in [1.29, 1.82) is 5.26 Å². The molecule has 0 fully saturated rings. The molecule has 6 heteroatoms. The molecular weight excluding hydrogens is 221 g/mol. The number of rotatable bonds is 5. The van der Waals surface area contributed by atoms with Crippen LogP contribution in [-0.2, 0) is 4.79 Å². The second-order valence-electron chi connectivity index (χ2n) is 3.60. The van der Waals surface area contributed by atoms with E-state index in [4.69, 9.17) is 5.26 Å². The van der Waals surface area contributed by atoms with Gasteiger partial charge in [0.05, 0.1) is 12.5 Å². The molecule has 0 bridgehead atoms. The fourth-order valence-corrected chi connectivity index (χ4v) is 1.20. The highest BCUT2D eigenvalue weighted by atomic mass is 19.4. The molecule has 0 aliphatic heterocycles. The zero-order valence-electron chi connectivity index (χ0n) is 9.34. The second kappa shape index (κ2) is 6.36. The van der Waals surface area contributed by atoms with Crippen molar-refractivity contribution in [2.24, 2.45) is 5.92 Å². The average molecular weight is 236 g/mol. The fourth-order valence-electron chi connectivity index (χ4n) is 1.20. The molecular formula is C10H15F3N2O. The Morgan fingerprint density at radius 3 is 2.44 bits per heavy atom. The van der Waals surface area contributed by atoms with Gasteiger partial charge in [0, 0.05) is 13.6 Å². The van der Waals surface area contributed by atoms with Gasteiger partial charge in [-0.3, -0.25) is 4.79 Å². The van der Waals surface area contributed by atoms with Gasteiger partial charge >= 0.3 is 6.18 Å². The van der Waals surface area contributed by atoms with E-state index < -0.39 is 31.0 Å². The van der Waals surface area contributed by atoms with Crippen LogP contribution in [0.15, 0.2) is 0 Å². The van der Waals surface area contributed by atoms with E-state index in [1.54, 1.807) is 0 Å². The lowest BCUT2D eigenvalue weighted by atomic mass is 10.0. The molecule has 0 aromatic rings. The molecule has 1 atom stereocenters. The molecule has 0 aliphatic carbocycles. The zero-order chi connectivity index (χ0) is 12.8. The third kappa shape index (κ3) is 5.59. The van der Waals surface area contributed by atoms with Crippen molar-refractivity contribution in [1.82, 2.24) is 4.90 Å². The normalized spacial score (nSPS) is 13.0. The lowest BCUT2D eigenvalue weighted by Gasteiger charge is -2.20. The predicted octanol–water partition coefficient (Wildman–Crippen LogP) is 2.34. The number of nitrogens with zero attached hydrogens (tertiary/aromatic N) is 2. The molecule has 92 valence electrons. The van der Waals surface area contributed by atoms with Gasteiger partial charge in [-0.05, 0) is 6.42 Å². The van der Waals surface area contributed by atoms with Gasteiger partial charge in [-0.25, -0.2) is 0 Å². The van der Waals surface area contributed by atoms with E-state index in [0.717, 1.165) is 4.90 Å². The van der Waals surface area contributed by atoms with Gasteiger partial charge in [-0.1, -0.05) is 13.3 Å². The van der Waals surface area contributed by atoms with Crippen molar-refractivity contribution < 1.29 is 18.0 Å². The average Bonchev–Trinajstić information content (AvgIpc) is 2.20. The molecule has 1 unspecified atom stereocenters. The predicted molar refractivity (Wildman–Crippen MR) is 52.3 cm³/mol. The van der Waals surface area contributed by atoms with Gasteiger partial charge in [0.15, 0.2) is 0 Å². The van der Waals surface area contributed by atoms with Crippen molar-refractivity contribution in [2.75, 3.05) is 13.6 Å². The molecule has 0 heterocycles. The maximum absolute atomic E-state index is 11.9. The fraction of sp³-hybridized carbons (Fsp3) is 0.800. The highest BCUT2D eigenvalue weighted by Crippen LogP contribution is 2.20. The Balaban J connectivity index is 4.22. The van der Waals surface area contributed by atoms with Crippen molar-refractivity contribution >= 4 is 5.91 Å². The summed E-state index contributed by atoms with van der Waals surface area (Å²) in [5.41, 5.74) is 0. The standard InChI is InChI=1S/C10H15F3N2O/c1-3-4-8(7-14)9(16)15(2)6-5-10(11,12)13/h8H,3-6H2,1-2H3. The Labute approximate surface area is 92.8 Å². The summed E-state index contributed by atoms with van der Waals surface area (Å²) in [6.07, 6.45) is -4.29. The first kappa shape index (κ1) is 14.8. The molecule has 0 saturated carbocycles. The number of hydrogen-bond donors (Lipinski definition) is 0. The molecule has 0 saturated heterocycles. The minimum Gasteiger partial charge on any atom is -0.344 e. The molecule has 0 aromatic heterocycles. The Bertz CT molecular complexity index is 270. The second-order valence-corrected chi connectivity index (χ2v) is 3.60. The van der Waals surface area contributed by atoms with Crippen LogP contribution < -0.4 is 0 Å². The SMILES string of the molecule is CCCC(C#N)C(=O)N(C)CCC(F)(F)F. The molecule has 0 rings (SSSR count). The Hall–Kier alpha value is -1.25. The molecule has 0 spiro atoms. The van der Waals surface area contributed by atoms with Crippen LogP contribution in [0.4, 0.5) is 13.2 Å². The summed E-state index contributed by atoms with van der Waals surface area (Å²) < 4.78 is 35.7. The first-order valence-corrected chi connectivity index (χ1v) is 5.03. The van der Waals surface area contributed by atoms with Crippen LogP contribution in [0.1, 0.15) is 26.2 Å². The van der Waals surface area contributed by atoms with Crippen LogP contribution in [0.3, 0.4) is 0 Å². The summed E-state index contributed by atoms with van der Waals surface area (Å²) in [4.78, 5) is 12.5. The minimum absolute atomic E-state index is 0.381. The van der Waals surface area contributed by atoms with Gasteiger partial charge in [-0.15, -0.1) is 0 Å². The topological polar surface area (TPSA) is 44.1 Å². The lowest BCUT2D eigenvalue weighted by molar-refractivity contribution is -0.145. The number of halogens is 3. The molecule has 1 amide bonds. The van der Waals surface area contributed by atoms with Crippen LogP contribution in [-0.4, -0.2) is 30.6 Å². The maximum atomic E-state index is 11.9. The van der Waals surface area contributed by atoms with Crippen LogP contribution >= 0.6 is 0 Å². The van der Waals surface area contributed by atoms with Crippen LogP contribution in [0, 0.1) is 17.2 Å². The van der Waals surface area contributed by atoms with Crippen LogP contribution in [0.5, 0.6) is 0 Å². The number of carbonyl (C=O) groups excluding carboxylic acids is 1. The zero-order valence-corrected chi connectivity index (χ0v) is 9.34. The van der Waals surface area contributed by atoms with Gasteiger partial charge in [-0.2, -0.15) is 18.4 Å². The third-order valence-corrected chi connectivity index (χ3v) is 2.14. The molecule has 16 heavy (non-hydrogen) atoms. The molecule has 0 aromatic carbocycles. The molecule has 0 N–H and O–H groups in total. The summed E-state index contributed by atoms with van der Waals surface area (Å²) in [5, 5.41) is 8.68. The van der Waals surface area contributed by atoms with Crippen LogP contribution in [0.2, 0.25) is 0 Å². The van der Waals surface area contributed by atoms with Crippen molar-refractivity contribution in [2.45, 2.75) is 32.4 Å². The summed E-state index contributed by atoms with van der Waals surface area (Å²) >= 11 is 0. The van der Waals surface area contributed by atoms with E-state index >= 15 is 0 Å². The van der Waals surface area contributed by atoms with E-state index in [1.807, 2.05) is 13.0 Å². The van der Waals surface area contributed by atoms with Gasteiger partial charge < -0.3 is 4.90 Å². The summed E-state index contributed by atoms with van der Waals surface area (Å²) in [6.45, 7) is 1.41. The summed E-state index contributed by atoms with van der Waals surface area (Å²) in [5.74, 6) is -1.36. The Morgan fingerprint density at radius 1 is 1.50 bits per heavy atom.